The molecule has 2 heterocycles. The van der Waals surface area contributed by atoms with Gasteiger partial charge in [0.25, 0.3) is 0 Å². The van der Waals surface area contributed by atoms with Crippen LogP contribution >= 0.6 is 15.9 Å². The Labute approximate surface area is 138 Å². The number of pyridine rings is 1. The zero-order valence-electron chi connectivity index (χ0n) is 12.1. The second kappa shape index (κ2) is 7.29. The molecule has 3 nitrogen and oxygen atoms in total. The quantitative estimate of drug-likeness (QED) is 0.546. The molecule has 0 radical (unpaired) electrons. The molecule has 23 heavy (non-hydrogen) atoms. The van der Waals surface area contributed by atoms with E-state index >= 15 is 0 Å². The number of hydrogen-bond acceptors (Lipinski definition) is 3. The smallest absolute Gasteiger partial charge is 0.454 e. The molecule has 2 rings (SSSR count). The molecule has 1 aromatic heterocycles. The molecule has 0 N–H and O–H groups in total. The first-order chi connectivity index (χ1) is 10.7. The van der Waals surface area contributed by atoms with Crippen molar-refractivity contribution in [3.05, 3.63) is 22.9 Å². The molecule has 9 heteroatoms. The second-order valence-corrected chi connectivity index (χ2v) is 6.36. The van der Waals surface area contributed by atoms with Gasteiger partial charge in [0.05, 0.1) is 19.3 Å². The van der Waals surface area contributed by atoms with Crippen LogP contribution < -0.4 is 4.74 Å². The van der Waals surface area contributed by atoms with E-state index in [4.69, 9.17) is 4.74 Å². The maximum atomic E-state index is 13.0. The number of nitrogens with zero attached hydrogens (tertiary/aromatic N) is 2. The van der Waals surface area contributed by atoms with Crippen molar-refractivity contribution < 1.29 is 26.7 Å². The number of hydrogen-bond donors (Lipinski definition) is 0. The number of halogens is 6. The maximum Gasteiger partial charge on any atom is 0.454 e. The van der Waals surface area contributed by atoms with Crippen molar-refractivity contribution in [3.8, 4) is 5.75 Å². The predicted molar refractivity (Wildman–Crippen MR) is 77.6 cm³/mol. The van der Waals surface area contributed by atoms with Gasteiger partial charge in [-0.25, -0.2) is 4.98 Å². The summed E-state index contributed by atoms with van der Waals surface area (Å²) in [7, 11) is 0. The summed E-state index contributed by atoms with van der Waals surface area (Å²) in [6, 6.07) is 3.48. The monoisotopic (exact) mass is 402 g/mol. The van der Waals surface area contributed by atoms with E-state index in [2.05, 4.69) is 20.9 Å². The van der Waals surface area contributed by atoms with Crippen molar-refractivity contribution in [1.82, 2.24) is 9.88 Å². The minimum Gasteiger partial charge on any atom is -0.492 e. The van der Waals surface area contributed by atoms with Gasteiger partial charge in [0.1, 0.15) is 10.4 Å². The lowest BCUT2D eigenvalue weighted by molar-refractivity contribution is -0.287. The standard InChI is InChI=1S/C14H16BrF5N2O/c15-12-2-1-11(7-21-12)23-8-10-3-5-22(6-4-10)9-13(16,17)14(18,19)20/h1-2,7,10H,3-6,8-9H2. The zero-order valence-corrected chi connectivity index (χ0v) is 13.7. The Morgan fingerprint density at radius 2 is 1.83 bits per heavy atom. The molecule has 0 saturated carbocycles. The van der Waals surface area contributed by atoms with E-state index in [0.717, 1.165) is 4.90 Å². The van der Waals surface area contributed by atoms with Crippen LogP contribution in [0.2, 0.25) is 0 Å². The summed E-state index contributed by atoms with van der Waals surface area (Å²) in [6.45, 7) is -0.468. The van der Waals surface area contributed by atoms with Gasteiger partial charge >= 0.3 is 12.1 Å². The highest BCUT2D eigenvalue weighted by Gasteiger charge is 2.58. The summed E-state index contributed by atoms with van der Waals surface area (Å²) in [4.78, 5) is 5.17. The molecule has 0 atom stereocenters. The van der Waals surface area contributed by atoms with Gasteiger partial charge in [-0.2, -0.15) is 22.0 Å². The fraction of sp³-hybridized carbons (Fsp3) is 0.643. The van der Waals surface area contributed by atoms with Gasteiger partial charge in [-0.3, -0.25) is 4.90 Å². The van der Waals surface area contributed by atoms with Crippen LogP contribution in [0, 0.1) is 5.92 Å². The first-order valence-corrected chi connectivity index (χ1v) is 7.88. The molecular weight excluding hydrogens is 387 g/mol. The summed E-state index contributed by atoms with van der Waals surface area (Å²) < 4.78 is 68.9. The summed E-state index contributed by atoms with van der Waals surface area (Å²) in [5, 5.41) is 0. The third kappa shape index (κ3) is 5.27. The topological polar surface area (TPSA) is 25.4 Å². The van der Waals surface area contributed by atoms with Gasteiger partial charge in [0, 0.05) is 0 Å². The van der Waals surface area contributed by atoms with Crippen LogP contribution in [0.25, 0.3) is 0 Å². The molecule has 1 aliphatic heterocycles. The van der Waals surface area contributed by atoms with E-state index in [-0.39, 0.29) is 19.0 Å². The van der Waals surface area contributed by atoms with Crippen molar-refractivity contribution in [3.63, 3.8) is 0 Å². The Kier molecular flexibility index (Phi) is 5.83. The van der Waals surface area contributed by atoms with E-state index in [1.165, 1.54) is 0 Å². The first-order valence-electron chi connectivity index (χ1n) is 7.08. The van der Waals surface area contributed by atoms with Gasteiger partial charge < -0.3 is 4.74 Å². The average Bonchev–Trinajstić information content (AvgIpc) is 2.47. The molecule has 1 saturated heterocycles. The Morgan fingerprint density at radius 1 is 1.17 bits per heavy atom. The highest BCUT2D eigenvalue weighted by Crippen LogP contribution is 2.36. The van der Waals surface area contributed by atoms with Crippen molar-refractivity contribution in [2.75, 3.05) is 26.2 Å². The molecule has 130 valence electrons. The van der Waals surface area contributed by atoms with E-state index in [1.54, 1.807) is 18.3 Å². The molecule has 0 amide bonds. The minimum atomic E-state index is -5.50. The third-order valence-corrected chi connectivity index (χ3v) is 4.20. The average molecular weight is 403 g/mol. The highest BCUT2D eigenvalue weighted by molar-refractivity contribution is 9.10. The van der Waals surface area contributed by atoms with Crippen LogP contribution in [-0.4, -0.2) is 48.2 Å². The second-order valence-electron chi connectivity index (χ2n) is 5.55. The Bertz CT molecular complexity index is 501. The molecule has 1 aromatic rings. The van der Waals surface area contributed by atoms with Crippen LogP contribution in [0.15, 0.2) is 22.9 Å². The summed E-state index contributed by atoms with van der Waals surface area (Å²) in [5.74, 6) is -3.94. The van der Waals surface area contributed by atoms with Gasteiger partial charge in [0.2, 0.25) is 0 Å². The van der Waals surface area contributed by atoms with Crippen molar-refractivity contribution in [2.45, 2.75) is 24.9 Å². The van der Waals surface area contributed by atoms with Crippen LogP contribution in [0.5, 0.6) is 5.75 Å². The van der Waals surface area contributed by atoms with Crippen molar-refractivity contribution in [2.24, 2.45) is 5.92 Å². The number of ether oxygens (including phenoxy) is 1. The first kappa shape index (κ1) is 18.4. The van der Waals surface area contributed by atoms with Gasteiger partial charge in [-0.05, 0) is 59.9 Å². The molecule has 1 fully saturated rings. The molecule has 1 aliphatic rings. The lowest BCUT2D eigenvalue weighted by atomic mass is 9.97. The molecule has 0 aromatic carbocycles. The Morgan fingerprint density at radius 3 is 2.35 bits per heavy atom. The third-order valence-electron chi connectivity index (χ3n) is 3.73. The lowest BCUT2D eigenvalue weighted by Crippen LogP contribution is -2.49. The number of likely N-dealkylation sites (tertiary alicyclic amines) is 1. The number of alkyl halides is 5. The molecule has 0 spiro atoms. The minimum absolute atomic E-state index is 0.134. The Balaban J connectivity index is 1.75. The largest absolute Gasteiger partial charge is 0.492 e. The predicted octanol–water partition coefficient (Wildman–Crippen LogP) is 4.13. The fourth-order valence-electron chi connectivity index (χ4n) is 2.34. The SMILES string of the molecule is FC(F)(F)C(F)(F)CN1CCC(COc2ccc(Br)nc2)CC1. The number of rotatable bonds is 5. The maximum absolute atomic E-state index is 13.0. The zero-order chi connectivity index (χ0) is 17.1. The van der Waals surface area contributed by atoms with E-state index < -0.39 is 18.6 Å². The molecule has 0 bridgehead atoms. The van der Waals surface area contributed by atoms with E-state index in [0.29, 0.717) is 29.8 Å². The highest BCUT2D eigenvalue weighted by atomic mass is 79.9. The Hall–Kier alpha value is -0.960. The molecule has 0 unspecified atom stereocenters. The van der Waals surface area contributed by atoms with Crippen LogP contribution in [0.4, 0.5) is 22.0 Å². The van der Waals surface area contributed by atoms with Gasteiger partial charge in [-0.1, -0.05) is 0 Å². The van der Waals surface area contributed by atoms with Crippen molar-refractivity contribution >= 4 is 15.9 Å². The van der Waals surface area contributed by atoms with Crippen molar-refractivity contribution in [1.29, 1.82) is 0 Å². The number of aromatic nitrogens is 1. The van der Waals surface area contributed by atoms with Gasteiger partial charge in [0.15, 0.2) is 0 Å². The number of piperidine rings is 1. The molecular formula is C14H16BrF5N2O. The van der Waals surface area contributed by atoms with E-state index in [1.807, 2.05) is 0 Å². The van der Waals surface area contributed by atoms with Crippen LogP contribution in [0.1, 0.15) is 12.8 Å². The lowest BCUT2D eigenvalue weighted by Gasteiger charge is -2.34. The summed E-state index contributed by atoms with van der Waals surface area (Å²) >= 11 is 3.20. The molecule has 0 aliphatic carbocycles. The van der Waals surface area contributed by atoms with Gasteiger partial charge in [-0.15, -0.1) is 0 Å². The normalized spacial score (nSPS) is 18.2. The summed E-state index contributed by atoms with van der Waals surface area (Å²) in [5.41, 5.74) is 0. The summed E-state index contributed by atoms with van der Waals surface area (Å²) in [6.07, 6.45) is -2.89. The fourth-order valence-corrected chi connectivity index (χ4v) is 2.58. The van der Waals surface area contributed by atoms with Crippen LogP contribution in [-0.2, 0) is 0 Å². The van der Waals surface area contributed by atoms with E-state index in [9.17, 15) is 22.0 Å². The van der Waals surface area contributed by atoms with Crippen LogP contribution in [0.3, 0.4) is 0 Å².